The molecule has 1 aliphatic heterocycles. The molecule has 0 N–H and O–H groups in total. The first-order valence-corrected chi connectivity index (χ1v) is 6.57. The molecule has 0 unspecified atom stereocenters. The fraction of sp³-hybridized carbons (Fsp3) is 0.846. The van der Waals surface area contributed by atoms with Gasteiger partial charge in [0, 0.05) is 0 Å². The van der Waals surface area contributed by atoms with E-state index < -0.39 is 5.41 Å². The zero-order valence-corrected chi connectivity index (χ0v) is 11.5. The number of hydrogen-bond donors (Lipinski definition) is 0. The van der Waals surface area contributed by atoms with Gasteiger partial charge in [0.05, 0.1) is 25.2 Å². The third-order valence-electron chi connectivity index (χ3n) is 3.39. The molecule has 0 spiro atoms. The zero-order valence-electron chi connectivity index (χ0n) is 11.5. The van der Waals surface area contributed by atoms with Crippen LogP contribution in [0.5, 0.6) is 0 Å². The number of carbonyl (C=O) groups is 2. The van der Waals surface area contributed by atoms with Crippen LogP contribution in [0.15, 0.2) is 0 Å². The van der Waals surface area contributed by atoms with Gasteiger partial charge in [-0.05, 0) is 46.7 Å². The highest BCUT2D eigenvalue weighted by Crippen LogP contribution is 2.32. The molecule has 0 bridgehead atoms. The quantitative estimate of drug-likeness (QED) is 0.693. The Hall–Kier alpha value is -1.10. The summed E-state index contributed by atoms with van der Waals surface area (Å²) in [6.07, 6.45) is 1.45. The molecule has 18 heavy (non-hydrogen) atoms. The highest BCUT2D eigenvalue weighted by molar-refractivity contribution is 5.76. The molecule has 0 aromatic heterocycles. The summed E-state index contributed by atoms with van der Waals surface area (Å²) >= 11 is 0. The lowest BCUT2D eigenvalue weighted by molar-refractivity contribution is -0.157. The number of carbonyl (C=O) groups excluding carboxylic acids is 2. The van der Waals surface area contributed by atoms with Crippen molar-refractivity contribution < 1.29 is 19.1 Å². The van der Waals surface area contributed by atoms with E-state index in [0.717, 1.165) is 25.9 Å². The summed E-state index contributed by atoms with van der Waals surface area (Å²) in [5, 5.41) is 0. The molecule has 1 saturated heterocycles. The van der Waals surface area contributed by atoms with Crippen molar-refractivity contribution >= 4 is 11.9 Å². The Morgan fingerprint density at radius 2 is 1.67 bits per heavy atom. The average Bonchev–Trinajstić information content (AvgIpc) is 2.33. The Morgan fingerprint density at radius 3 is 2.17 bits per heavy atom. The second-order valence-electron chi connectivity index (χ2n) is 4.86. The summed E-state index contributed by atoms with van der Waals surface area (Å²) in [6, 6.07) is 0. The van der Waals surface area contributed by atoms with Crippen LogP contribution in [0.2, 0.25) is 0 Å². The molecule has 0 amide bonds. The Labute approximate surface area is 108 Å². The average molecular weight is 257 g/mol. The van der Waals surface area contributed by atoms with E-state index in [4.69, 9.17) is 9.47 Å². The van der Waals surface area contributed by atoms with E-state index >= 15 is 0 Å². The van der Waals surface area contributed by atoms with Gasteiger partial charge >= 0.3 is 11.9 Å². The maximum atomic E-state index is 11.8. The monoisotopic (exact) mass is 257 g/mol. The third-order valence-corrected chi connectivity index (χ3v) is 3.39. The number of hydrogen-bond acceptors (Lipinski definition) is 5. The predicted octanol–water partition coefficient (Wildman–Crippen LogP) is 1.21. The fourth-order valence-corrected chi connectivity index (χ4v) is 2.10. The minimum absolute atomic E-state index is 0.124. The second kappa shape index (κ2) is 6.73. The van der Waals surface area contributed by atoms with Gasteiger partial charge < -0.3 is 9.47 Å². The van der Waals surface area contributed by atoms with E-state index in [9.17, 15) is 9.59 Å². The largest absolute Gasteiger partial charge is 0.466 e. The summed E-state index contributed by atoms with van der Waals surface area (Å²) in [5.74, 6) is -0.321. The first kappa shape index (κ1) is 15.0. The van der Waals surface area contributed by atoms with Crippen LogP contribution in [-0.4, -0.2) is 49.7 Å². The molecule has 0 saturated carbocycles. The van der Waals surface area contributed by atoms with Gasteiger partial charge in [-0.2, -0.15) is 0 Å². The summed E-state index contributed by atoms with van der Waals surface area (Å²) in [5.41, 5.74) is -0.402. The summed E-state index contributed by atoms with van der Waals surface area (Å²) in [7, 11) is 0. The SMILES string of the molecule is CCOC(=O)CN1CCC(C)(C(=O)OCC)CC1. The number of nitrogens with zero attached hydrogens (tertiary/aromatic N) is 1. The minimum Gasteiger partial charge on any atom is -0.466 e. The van der Waals surface area contributed by atoms with E-state index in [-0.39, 0.29) is 11.9 Å². The molecular weight excluding hydrogens is 234 g/mol. The molecule has 0 aliphatic carbocycles. The summed E-state index contributed by atoms with van der Waals surface area (Å²) in [4.78, 5) is 25.2. The summed E-state index contributed by atoms with van der Waals surface area (Å²) in [6.45, 7) is 8.15. The number of ether oxygens (including phenoxy) is 2. The molecule has 0 atom stereocenters. The number of likely N-dealkylation sites (tertiary alicyclic amines) is 1. The Morgan fingerprint density at radius 1 is 1.11 bits per heavy atom. The lowest BCUT2D eigenvalue weighted by Gasteiger charge is -2.36. The normalized spacial score (nSPS) is 19.3. The highest BCUT2D eigenvalue weighted by Gasteiger charge is 2.38. The zero-order chi connectivity index (χ0) is 13.6. The van der Waals surface area contributed by atoms with Crippen molar-refractivity contribution in [1.82, 2.24) is 4.90 Å². The van der Waals surface area contributed by atoms with Gasteiger partial charge in [-0.3, -0.25) is 14.5 Å². The van der Waals surface area contributed by atoms with Crippen LogP contribution in [0, 0.1) is 5.41 Å². The van der Waals surface area contributed by atoms with Crippen molar-refractivity contribution in [2.75, 3.05) is 32.8 Å². The second-order valence-corrected chi connectivity index (χ2v) is 4.86. The molecule has 0 radical (unpaired) electrons. The van der Waals surface area contributed by atoms with Gasteiger partial charge in [0.25, 0.3) is 0 Å². The van der Waals surface area contributed by atoms with Crippen LogP contribution >= 0.6 is 0 Å². The van der Waals surface area contributed by atoms with Crippen LogP contribution < -0.4 is 0 Å². The van der Waals surface area contributed by atoms with Crippen molar-refractivity contribution in [3.05, 3.63) is 0 Å². The number of esters is 2. The third kappa shape index (κ3) is 3.98. The van der Waals surface area contributed by atoms with Gasteiger partial charge in [-0.15, -0.1) is 0 Å². The topological polar surface area (TPSA) is 55.8 Å². The van der Waals surface area contributed by atoms with Gasteiger partial charge in [0.2, 0.25) is 0 Å². The van der Waals surface area contributed by atoms with E-state index in [1.54, 1.807) is 6.92 Å². The van der Waals surface area contributed by atoms with Gasteiger partial charge in [-0.25, -0.2) is 0 Å². The van der Waals surface area contributed by atoms with Crippen LogP contribution in [-0.2, 0) is 19.1 Å². The molecule has 0 aromatic rings. The van der Waals surface area contributed by atoms with Crippen molar-refractivity contribution in [2.45, 2.75) is 33.6 Å². The minimum atomic E-state index is -0.402. The highest BCUT2D eigenvalue weighted by atomic mass is 16.5. The Bertz CT molecular complexity index is 295. The van der Waals surface area contributed by atoms with E-state index in [1.807, 2.05) is 18.7 Å². The first-order chi connectivity index (χ1) is 8.51. The smallest absolute Gasteiger partial charge is 0.320 e. The molecular formula is C13H23NO4. The van der Waals surface area contributed by atoms with Crippen LogP contribution in [0.1, 0.15) is 33.6 Å². The molecule has 0 aromatic carbocycles. The maximum Gasteiger partial charge on any atom is 0.320 e. The fourth-order valence-electron chi connectivity index (χ4n) is 2.10. The maximum absolute atomic E-state index is 11.8. The van der Waals surface area contributed by atoms with Gasteiger partial charge in [-0.1, -0.05) is 0 Å². The van der Waals surface area contributed by atoms with Crippen molar-refractivity contribution in [1.29, 1.82) is 0 Å². The number of piperidine rings is 1. The van der Waals surface area contributed by atoms with E-state index in [1.165, 1.54) is 0 Å². The van der Waals surface area contributed by atoms with Crippen molar-refractivity contribution in [3.63, 3.8) is 0 Å². The molecule has 1 aliphatic rings. The predicted molar refractivity (Wildman–Crippen MR) is 67.0 cm³/mol. The lowest BCUT2D eigenvalue weighted by Crippen LogP contribution is -2.45. The van der Waals surface area contributed by atoms with Gasteiger partial charge in [0.15, 0.2) is 0 Å². The summed E-state index contributed by atoms with van der Waals surface area (Å²) < 4.78 is 10.0. The molecule has 5 nitrogen and oxygen atoms in total. The lowest BCUT2D eigenvalue weighted by atomic mass is 9.80. The van der Waals surface area contributed by atoms with Crippen molar-refractivity contribution in [3.8, 4) is 0 Å². The molecule has 1 rings (SSSR count). The molecule has 1 heterocycles. The molecule has 5 heteroatoms. The van der Waals surface area contributed by atoms with Crippen molar-refractivity contribution in [2.24, 2.45) is 5.41 Å². The molecule has 104 valence electrons. The Kier molecular flexibility index (Phi) is 5.59. The first-order valence-electron chi connectivity index (χ1n) is 6.57. The Balaban J connectivity index is 2.40. The van der Waals surface area contributed by atoms with Crippen LogP contribution in [0.25, 0.3) is 0 Å². The van der Waals surface area contributed by atoms with E-state index in [2.05, 4.69) is 0 Å². The standard InChI is InChI=1S/C13H23NO4/c1-4-17-11(15)10-14-8-6-13(3,7-9-14)12(16)18-5-2/h4-10H2,1-3H3. The van der Waals surface area contributed by atoms with Crippen LogP contribution in [0.3, 0.4) is 0 Å². The van der Waals surface area contributed by atoms with E-state index in [0.29, 0.717) is 19.8 Å². The number of rotatable bonds is 5. The van der Waals surface area contributed by atoms with Gasteiger partial charge in [0.1, 0.15) is 0 Å². The molecule has 1 fully saturated rings. The van der Waals surface area contributed by atoms with Crippen LogP contribution in [0.4, 0.5) is 0 Å².